The minimum Gasteiger partial charge on any atom is -0.432 e. The molecule has 4 saturated heterocycles. The van der Waals surface area contributed by atoms with Gasteiger partial charge < -0.3 is 19.6 Å². The first-order chi connectivity index (χ1) is 18.3. The number of rotatable bonds is 8. The molecule has 0 radical (unpaired) electrons. The fraction of sp³-hybridized carbons (Fsp3) is 0.862. The molecule has 0 aromatic heterocycles. The van der Waals surface area contributed by atoms with Gasteiger partial charge in [0.15, 0.2) is 11.2 Å². The van der Waals surface area contributed by atoms with Crippen LogP contribution in [-0.4, -0.2) is 92.4 Å². The van der Waals surface area contributed by atoms with Crippen molar-refractivity contribution in [2.24, 2.45) is 0 Å². The third-order valence-corrected chi connectivity index (χ3v) is 8.64. The summed E-state index contributed by atoms with van der Waals surface area (Å²) in [5.41, 5.74) is -4.00. The molecule has 0 unspecified atom stereocenters. The van der Waals surface area contributed by atoms with Gasteiger partial charge in [0.25, 0.3) is 11.8 Å². The second-order valence-corrected chi connectivity index (χ2v) is 14.8. The summed E-state index contributed by atoms with van der Waals surface area (Å²) in [7, 11) is 1.62. The zero-order chi connectivity index (χ0) is 29.9. The number of hydrogen-bond acceptors (Lipinski definition) is 9. The summed E-state index contributed by atoms with van der Waals surface area (Å²) in [5, 5.41) is 5.41. The largest absolute Gasteiger partial charge is 0.432 e. The highest BCUT2D eigenvalue weighted by Crippen LogP contribution is 2.48. The molecule has 4 amide bonds. The first-order valence-electron chi connectivity index (χ1n) is 14.5. The summed E-state index contributed by atoms with van der Waals surface area (Å²) in [6.07, 6.45) is 3.13. The summed E-state index contributed by atoms with van der Waals surface area (Å²) >= 11 is 0. The molecule has 4 fully saturated rings. The fourth-order valence-electron chi connectivity index (χ4n) is 8.33. The van der Waals surface area contributed by atoms with Gasteiger partial charge in [0.1, 0.15) is 0 Å². The third kappa shape index (κ3) is 5.48. The van der Waals surface area contributed by atoms with Crippen LogP contribution in [0.25, 0.3) is 0 Å². The number of carbonyl (C=O) groups excluding carboxylic acids is 4. The van der Waals surface area contributed by atoms with E-state index in [9.17, 15) is 19.2 Å². The molecule has 4 aliphatic heterocycles. The van der Waals surface area contributed by atoms with Crippen molar-refractivity contribution in [3.8, 4) is 0 Å². The maximum Gasteiger partial charge on any atom is 0.417 e. The van der Waals surface area contributed by atoms with Crippen molar-refractivity contribution < 1.29 is 33.5 Å². The Morgan fingerprint density at radius 1 is 0.650 bits per heavy atom. The van der Waals surface area contributed by atoms with Crippen molar-refractivity contribution in [3.05, 3.63) is 0 Å². The molecule has 0 bridgehead atoms. The lowest BCUT2D eigenvalue weighted by atomic mass is 9.72. The molecule has 0 aliphatic carbocycles. The molecule has 11 heteroatoms. The number of hydroxylamine groups is 2. The molecule has 0 aromatic carbocycles. The van der Waals surface area contributed by atoms with Crippen molar-refractivity contribution in [1.29, 1.82) is 0 Å². The summed E-state index contributed by atoms with van der Waals surface area (Å²) in [6, 6.07) is 0. The van der Waals surface area contributed by atoms with Crippen molar-refractivity contribution >= 4 is 24.0 Å². The van der Waals surface area contributed by atoms with Crippen LogP contribution in [0.1, 0.15) is 107 Å². The van der Waals surface area contributed by atoms with Gasteiger partial charge in [-0.15, -0.1) is 0 Å². The number of carbonyl (C=O) groups is 4. The quantitative estimate of drug-likeness (QED) is 0.434. The normalized spacial score (nSPS) is 27.9. The van der Waals surface area contributed by atoms with E-state index in [4.69, 9.17) is 14.3 Å². The minimum atomic E-state index is -1.19. The van der Waals surface area contributed by atoms with E-state index < -0.39 is 34.5 Å². The molecule has 11 nitrogen and oxygen atoms in total. The summed E-state index contributed by atoms with van der Waals surface area (Å²) in [4.78, 5) is 60.4. The SMILES string of the molecule is CON1C(C)(C)CC2(CC1(C)C)OC(=O)N(CCCCCCN1C(=O)OC3(CC(C)(C)NC(C)(C)C3)C1=O)C2=O. The highest BCUT2D eigenvalue weighted by Gasteiger charge is 2.64. The molecular weight excluding hydrogens is 516 g/mol. The highest BCUT2D eigenvalue weighted by atomic mass is 16.7. The predicted octanol–water partition coefficient (Wildman–Crippen LogP) is 4.14. The maximum atomic E-state index is 13.5. The van der Waals surface area contributed by atoms with E-state index in [-0.39, 0.29) is 29.4 Å². The lowest BCUT2D eigenvalue weighted by Crippen LogP contribution is -2.66. The second kappa shape index (κ2) is 9.94. The average Bonchev–Trinajstić information content (AvgIpc) is 3.09. The number of unbranched alkanes of at least 4 members (excludes halogenated alkanes) is 3. The number of nitrogens with one attached hydrogen (secondary N) is 1. The monoisotopic (exact) mass is 564 g/mol. The first-order valence-corrected chi connectivity index (χ1v) is 14.5. The zero-order valence-corrected chi connectivity index (χ0v) is 25.8. The molecule has 0 atom stereocenters. The smallest absolute Gasteiger partial charge is 0.417 e. The number of piperidine rings is 2. The van der Waals surface area contributed by atoms with Gasteiger partial charge in [-0.2, -0.15) is 5.06 Å². The van der Waals surface area contributed by atoms with Gasteiger partial charge in [-0.05, 0) is 68.2 Å². The van der Waals surface area contributed by atoms with Gasteiger partial charge >= 0.3 is 12.2 Å². The Morgan fingerprint density at radius 3 is 1.40 bits per heavy atom. The molecule has 2 spiro atoms. The van der Waals surface area contributed by atoms with E-state index in [1.165, 1.54) is 9.80 Å². The molecule has 226 valence electrons. The van der Waals surface area contributed by atoms with Gasteiger partial charge in [0, 0.05) is 60.9 Å². The average molecular weight is 565 g/mol. The number of hydrogen-bond donors (Lipinski definition) is 1. The highest BCUT2D eigenvalue weighted by molar-refractivity contribution is 6.03. The van der Waals surface area contributed by atoms with Gasteiger partial charge in [-0.1, -0.05) is 12.8 Å². The lowest BCUT2D eigenvalue weighted by Gasteiger charge is -2.55. The number of imide groups is 2. The van der Waals surface area contributed by atoms with Crippen molar-refractivity contribution in [1.82, 2.24) is 20.2 Å². The number of amides is 4. The molecule has 4 rings (SSSR count). The van der Waals surface area contributed by atoms with Crippen LogP contribution < -0.4 is 5.32 Å². The summed E-state index contributed by atoms with van der Waals surface area (Å²) < 4.78 is 11.5. The van der Waals surface area contributed by atoms with Crippen LogP contribution in [0, 0.1) is 0 Å². The predicted molar refractivity (Wildman–Crippen MR) is 147 cm³/mol. The third-order valence-electron chi connectivity index (χ3n) is 8.64. The lowest BCUT2D eigenvalue weighted by molar-refractivity contribution is -0.285. The van der Waals surface area contributed by atoms with Gasteiger partial charge in [-0.25, -0.2) is 19.4 Å². The van der Waals surface area contributed by atoms with E-state index >= 15 is 0 Å². The Morgan fingerprint density at radius 2 is 1.02 bits per heavy atom. The molecule has 0 saturated carbocycles. The first kappa shape index (κ1) is 30.7. The van der Waals surface area contributed by atoms with Crippen molar-refractivity contribution in [2.45, 2.75) is 140 Å². The van der Waals surface area contributed by atoms with Crippen LogP contribution in [0.4, 0.5) is 9.59 Å². The van der Waals surface area contributed by atoms with Crippen LogP contribution in [0.3, 0.4) is 0 Å². The van der Waals surface area contributed by atoms with E-state index in [0.717, 1.165) is 12.8 Å². The summed E-state index contributed by atoms with van der Waals surface area (Å²) in [6.45, 7) is 16.6. The molecule has 4 heterocycles. The standard InChI is InChI=1S/C29H48N4O7/c1-24(2)16-28(17-25(3,4)30-24)20(34)31(22(36)39-28)14-12-10-11-13-15-32-21(35)29(40-23(32)37)18-26(5,6)33(38-9)27(7,8)19-29/h30H,10-19H2,1-9H3. The number of nitrogens with zero attached hydrogens (tertiary/aromatic N) is 3. The Kier molecular flexibility index (Phi) is 7.63. The van der Waals surface area contributed by atoms with Crippen molar-refractivity contribution in [3.63, 3.8) is 0 Å². The van der Waals surface area contributed by atoms with E-state index in [0.29, 0.717) is 45.1 Å². The maximum absolute atomic E-state index is 13.5. The minimum absolute atomic E-state index is 0.249. The summed E-state index contributed by atoms with van der Waals surface area (Å²) in [5.74, 6) is -0.529. The van der Waals surface area contributed by atoms with Gasteiger partial charge in [-0.3, -0.25) is 9.59 Å². The molecule has 1 N–H and O–H groups in total. The van der Waals surface area contributed by atoms with Crippen LogP contribution in [-0.2, 0) is 23.9 Å². The Balaban J connectivity index is 1.27. The van der Waals surface area contributed by atoms with Crippen LogP contribution in [0.2, 0.25) is 0 Å². The Hall–Kier alpha value is -2.24. The van der Waals surface area contributed by atoms with Gasteiger partial charge in [0.2, 0.25) is 0 Å². The van der Waals surface area contributed by atoms with Gasteiger partial charge in [0.05, 0.1) is 7.11 Å². The zero-order valence-electron chi connectivity index (χ0n) is 25.8. The van der Waals surface area contributed by atoms with E-state index in [2.05, 4.69) is 5.32 Å². The van der Waals surface area contributed by atoms with Crippen LogP contribution in [0.5, 0.6) is 0 Å². The van der Waals surface area contributed by atoms with E-state index in [1.54, 1.807) is 7.11 Å². The van der Waals surface area contributed by atoms with Crippen LogP contribution >= 0.6 is 0 Å². The molecular formula is C29H48N4O7. The Labute approximate surface area is 238 Å². The van der Waals surface area contributed by atoms with E-state index in [1.807, 2.05) is 60.5 Å². The topological polar surface area (TPSA) is 118 Å². The second-order valence-electron chi connectivity index (χ2n) is 14.8. The molecule has 40 heavy (non-hydrogen) atoms. The van der Waals surface area contributed by atoms with Crippen molar-refractivity contribution in [2.75, 3.05) is 20.2 Å². The number of ether oxygens (including phenoxy) is 2. The van der Waals surface area contributed by atoms with Crippen LogP contribution in [0.15, 0.2) is 0 Å². The molecule has 0 aromatic rings. The fourth-order valence-corrected chi connectivity index (χ4v) is 8.33. The molecule has 4 aliphatic rings. The Bertz CT molecular complexity index is 1030.